The quantitative estimate of drug-likeness (QED) is 0.527. The molecular formula is C3H8N2OSe. The van der Waals surface area contributed by atoms with E-state index in [1.807, 2.05) is 11.6 Å². The zero-order valence-corrected chi connectivity index (χ0v) is 6.05. The number of carbonyl (C=O) groups is 1. The Labute approximate surface area is 46.6 Å². The Morgan fingerprint density at radius 3 is 2.14 bits per heavy atom. The predicted octanol–water partition coefficient (Wildman–Crippen LogP) is 0.585. The molecule has 4 heteroatoms. The van der Waals surface area contributed by atoms with E-state index < -0.39 is 19.7 Å². The first-order chi connectivity index (χ1) is 3.13. The van der Waals surface area contributed by atoms with E-state index in [9.17, 15) is 4.79 Å². The molecule has 7 heavy (non-hydrogen) atoms. The Balaban J connectivity index is 3.68. The molecule has 0 heterocycles. The van der Waals surface area contributed by atoms with Gasteiger partial charge in [0.2, 0.25) is 0 Å². The molecule has 0 aromatic rings. The maximum atomic E-state index is 9.90. The van der Waals surface area contributed by atoms with Crippen LogP contribution in [0.25, 0.3) is 0 Å². The number of hydrogen-bond donors (Lipinski definition) is 1. The molecule has 0 aliphatic carbocycles. The van der Waals surface area contributed by atoms with E-state index in [-0.39, 0.29) is 0 Å². The third-order valence-corrected chi connectivity index (χ3v) is 1.42. The number of primary amides is 1. The van der Waals surface area contributed by atoms with Gasteiger partial charge in [0.1, 0.15) is 0 Å². The average molecular weight is 167 g/mol. The van der Waals surface area contributed by atoms with Gasteiger partial charge in [-0.05, 0) is 0 Å². The second-order valence-electron chi connectivity index (χ2n) is 1.20. The van der Waals surface area contributed by atoms with Gasteiger partial charge in [-0.2, -0.15) is 0 Å². The molecule has 2 N–H and O–H groups in total. The van der Waals surface area contributed by atoms with Crippen molar-refractivity contribution in [3.05, 3.63) is 0 Å². The van der Waals surface area contributed by atoms with Gasteiger partial charge in [-0.1, -0.05) is 0 Å². The van der Waals surface area contributed by atoms with Crippen LogP contribution in [0.5, 0.6) is 0 Å². The zero-order chi connectivity index (χ0) is 5.86. The summed E-state index contributed by atoms with van der Waals surface area (Å²) < 4.78 is 3.54. The van der Waals surface area contributed by atoms with Gasteiger partial charge in [0.25, 0.3) is 0 Å². The molecule has 42 valence electrons. The minimum atomic E-state index is -0.968. The molecule has 0 fully saturated rings. The summed E-state index contributed by atoms with van der Waals surface area (Å²) in [7, 11) is 0. The van der Waals surface area contributed by atoms with Crippen LogP contribution in [-0.4, -0.2) is 19.7 Å². The third kappa shape index (κ3) is 5.79. The molecule has 0 aromatic heterocycles. The fourth-order valence-electron chi connectivity index (χ4n) is 0.180. The van der Waals surface area contributed by atoms with Crippen LogP contribution in [0.2, 0.25) is 11.6 Å². The van der Waals surface area contributed by atoms with Crippen LogP contribution in [0, 0.1) is 0 Å². The van der Waals surface area contributed by atoms with Crippen molar-refractivity contribution in [1.82, 2.24) is 0 Å². The summed E-state index contributed by atoms with van der Waals surface area (Å²) in [6.07, 6.45) is 0. The second kappa shape index (κ2) is 2.88. The zero-order valence-electron chi connectivity index (χ0n) is 4.34. The van der Waals surface area contributed by atoms with E-state index in [0.717, 1.165) is 0 Å². The van der Waals surface area contributed by atoms with Gasteiger partial charge >= 0.3 is 45.9 Å². The van der Waals surface area contributed by atoms with Crippen molar-refractivity contribution in [3.63, 3.8) is 0 Å². The van der Waals surface area contributed by atoms with Gasteiger partial charge < -0.3 is 0 Å². The molecule has 0 spiro atoms. The van der Waals surface area contributed by atoms with Gasteiger partial charge in [0.05, 0.1) is 0 Å². The van der Waals surface area contributed by atoms with E-state index in [0.29, 0.717) is 0 Å². The second-order valence-corrected chi connectivity index (χ2v) is 4.83. The van der Waals surface area contributed by atoms with Crippen LogP contribution in [0.3, 0.4) is 0 Å². The Morgan fingerprint density at radius 1 is 1.71 bits per heavy atom. The number of carbonyl (C=O) groups excluding carboxylic acids is 1. The van der Waals surface area contributed by atoms with Crippen LogP contribution in [-0.2, 0) is 0 Å². The van der Waals surface area contributed by atoms with E-state index in [1.165, 1.54) is 0 Å². The van der Waals surface area contributed by atoms with Crippen molar-refractivity contribution in [2.24, 2.45) is 9.70 Å². The summed E-state index contributed by atoms with van der Waals surface area (Å²) in [6, 6.07) is -0.532. The monoisotopic (exact) mass is 168 g/mol. The van der Waals surface area contributed by atoms with Crippen LogP contribution in [0.4, 0.5) is 4.79 Å². The Hall–Kier alpha value is -0.211. The fraction of sp³-hybridized carbons (Fsp3) is 0.667. The van der Waals surface area contributed by atoms with Gasteiger partial charge in [-0.25, -0.2) is 0 Å². The topological polar surface area (TPSA) is 55.4 Å². The Bertz CT molecular complexity index is 106. The summed E-state index contributed by atoms with van der Waals surface area (Å²) in [5, 5.41) is 0. The molecule has 0 unspecified atom stereocenters. The third-order valence-electron chi connectivity index (χ3n) is 0.273. The Kier molecular flexibility index (Phi) is 2.79. The van der Waals surface area contributed by atoms with Crippen LogP contribution in [0.1, 0.15) is 0 Å². The summed E-state index contributed by atoms with van der Waals surface area (Å²) in [4.78, 5) is 9.90. The molecule has 0 aliphatic heterocycles. The van der Waals surface area contributed by atoms with Gasteiger partial charge in [0, 0.05) is 0 Å². The molecule has 0 aliphatic rings. The number of nitrogens with zero attached hydrogens (tertiary/aromatic N) is 1. The molecule has 0 radical (unpaired) electrons. The first-order valence-corrected chi connectivity index (χ1v) is 5.91. The van der Waals surface area contributed by atoms with E-state index in [2.05, 4.69) is 3.96 Å². The van der Waals surface area contributed by atoms with Crippen molar-refractivity contribution in [2.75, 3.05) is 0 Å². The number of urea groups is 1. The van der Waals surface area contributed by atoms with Crippen LogP contribution in [0.15, 0.2) is 3.96 Å². The molecule has 2 amide bonds. The molecule has 0 atom stereocenters. The summed E-state index contributed by atoms with van der Waals surface area (Å²) in [5.41, 5.74) is 4.72. The first-order valence-electron chi connectivity index (χ1n) is 1.72. The van der Waals surface area contributed by atoms with Crippen molar-refractivity contribution in [3.8, 4) is 0 Å². The number of nitrogens with two attached hydrogens (primary N) is 1. The van der Waals surface area contributed by atoms with Gasteiger partial charge in [0.15, 0.2) is 0 Å². The SMILES string of the molecule is C[Se](C)=NC(N)=O. The van der Waals surface area contributed by atoms with Crippen molar-refractivity contribution < 1.29 is 4.79 Å². The van der Waals surface area contributed by atoms with E-state index in [1.54, 1.807) is 0 Å². The summed E-state index contributed by atoms with van der Waals surface area (Å²) in [5.74, 6) is 3.84. The minimum absolute atomic E-state index is 0.532. The molecular weight excluding hydrogens is 159 g/mol. The summed E-state index contributed by atoms with van der Waals surface area (Å²) >= 11 is -0.968. The van der Waals surface area contributed by atoms with E-state index in [4.69, 9.17) is 5.73 Å². The van der Waals surface area contributed by atoms with Crippen LogP contribution >= 0.6 is 0 Å². The maximum absolute atomic E-state index is 9.90. The molecule has 0 aromatic carbocycles. The Morgan fingerprint density at radius 2 is 2.14 bits per heavy atom. The normalized spacial score (nSPS) is 9.00. The average Bonchev–Trinajstić information content (AvgIpc) is 1.27. The molecule has 0 bridgehead atoms. The van der Waals surface area contributed by atoms with E-state index >= 15 is 0 Å². The molecule has 0 saturated carbocycles. The van der Waals surface area contributed by atoms with Crippen molar-refractivity contribution >= 4 is 19.7 Å². The first kappa shape index (κ1) is 6.79. The van der Waals surface area contributed by atoms with Crippen molar-refractivity contribution in [1.29, 1.82) is 0 Å². The number of rotatable bonds is 0. The molecule has 0 rings (SSSR count). The van der Waals surface area contributed by atoms with Gasteiger partial charge in [-0.15, -0.1) is 0 Å². The van der Waals surface area contributed by atoms with Crippen molar-refractivity contribution in [2.45, 2.75) is 11.6 Å². The predicted molar refractivity (Wildman–Crippen MR) is 29.5 cm³/mol. The van der Waals surface area contributed by atoms with Crippen LogP contribution < -0.4 is 5.73 Å². The standard InChI is InChI=1S/C3H8N2OSe/c1-7(2)5-3(4)6/h1-2H3,(H2,4,6). The number of amides is 2. The molecule has 3 nitrogen and oxygen atoms in total. The molecule has 0 saturated heterocycles. The fourth-order valence-corrected chi connectivity index (χ4v) is 0.935. The van der Waals surface area contributed by atoms with Gasteiger partial charge in [-0.3, -0.25) is 0 Å². The summed E-state index contributed by atoms with van der Waals surface area (Å²) in [6.45, 7) is 0. The number of hydrogen-bond acceptors (Lipinski definition) is 1.